The van der Waals surface area contributed by atoms with E-state index in [4.69, 9.17) is 0 Å². The highest BCUT2D eigenvalue weighted by Gasteiger charge is 2.34. The normalized spacial score (nSPS) is 15.5. The summed E-state index contributed by atoms with van der Waals surface area (Å²) in [5.41, 5.74) is -1.34. The van der Waals surface area contributed by atoms with Crippen LogP contribution in [0.15, 0.2) is 48.5 Å². The Bertz CT molecular complexity index is 1250. The average Bonchev–Trinajstić information content (AvgIpc) is 2.85. The molecule has 1 saturated carbocycles. The Morgan fingerprint density at radius 2 is 1.71 bits per heavy atom. The lowest BCUT2D eigenvalue weighted by Crippen LogP contribution is -2.53. The van der Waals surface area contributed by atoms with Crippen LogP contribution in [0.4, 0.5) is 23.2 Å². The molecule has 2 aromatic carbocycles. The molecule has 2 aromatic rings. The van der Waals surface area contributed by atoms with E-state index in [0.717, 1.165) is 61.5 Å². The van der Waals surface area contributed by atoms with Gasteiger partial charge in [0, 0.05) is 18.2 Å². The number of carbonyl (C=O) groups excluding carboxylic acids is 2. The van der Waals surface area contributed by atoms with Gasteiger partial charge in [-0.2, -0.15) is 13.2 Å². The van der Waals surface area contributed by atoms with Gasteiger partial charge in [-0.25, -0.2) is 12.8 Å². The number of anilines is 1. The number of alkyl halides is 3. The lowest BCUT2D eigenvalue weighted by Gasteiger charge is -2.33. The van der Waals surface area contributed by atoms with E-state index in [-0.39, 0.29) is 23.8 Å². The third-order valence-electron chi connectivity index (χ3n) is 6.56. The fraction of sp³-hybridized carbons (Fsp3) is 0.462. The number of nitrogens with zero attached hydrogens (tertiary/aromatic N) is 2. The van der Waals surface area contributed by atoms with Crippen LogP contribution in [0.1, 0.15) is 50.2 Å². The van der Waals surface area contributed by atoms with Crippen molar-refractivity contribution in [3.8, 4) is 0 Å². The number of benzene rings is 2. The molecule has 208 valence electrons. The summed E-state index contributed by atoms with van der Waals surface area (Å²) in [6, 6.07) is 8.07. The first-order valence-corrected chi connectivity index (χ1v) is 14.1. The van der Waals surface area contributed by atoms with Gasteiger partial charge in [-0.3, -0.25) is 13.9 Å². The molecule has 1 fully saturated rings. The molecule has 2 amide bonds. The van der Waals surface area contributed by atoms with E-state index in [1.165, 1.54) is 25.1 Å². The van der Waals surface area contributed by atoms with Gasteiger partial charge in [-0.05, 0) is 44.0 Å². The van der Waals surface area contributed by atoms with Crippen molar-refractivity contribution in [1.29, 1.82) is 0 Å². The van der Waals surface area contributed by atoms with Crippen molar-refractivity contribution in [3.63, 3.8) is 0 Å². The molecule has 1 aliphatic carbocycles. The number of sulfonamides is 1. The molecule has 0 aromatic heterocycles. The molecule has 1 N–H and O–H groups in total. The van der Waals surface area contributed by atoms with Crippen molar-refractivity contribution < 1.29 is 35.6 Å². The van der Waals surface area contributed by atoms with Crippen LogP contribution in [0, 0.1) is 5.82 Å². The highest BCUT2D eigenvalue weighted by atomic mass is 32.2. The molecule has 7 nitrogen and oxygen atoms in total. The molecule has 38 heavy (non-hydrogen) atoms. The monoisotopic (exact) mass is 557 g/mol. The lowest BCUT2D eigenvalue weighted by molar-refractivity contribution is -0.139. The minimum atomic E-state index is -4.73. The SMILES string of the molecule is C[C@@H](C(=O)NC1CCCCC1)N(Cc1ccccc1F)C(=O)CN(c1cccc(C(F)(F)F)c1)S(C)(=O)=O. The average molecular weight is 558 g/mol. The predicted octanol–water partition coefficient (Wildman–Crippen LogP) is 4.48. The minimum Gasteiger partial charge on any atom is -0.352 e. The van der Waals surface area contributed by atoms with Crippen LogP contribution in [-0.4, -0.2) is 50.0 Å². The van der Waals surface area contributed by atoms with Crippen molar-refractivity contribution in [3.05, 3.63) is 65.5 Å². The maximum absolute atomic E-state index is 14.5. The van der Waals surface area contributed by atoms with Crippen molar-refractivity contribution in [2.24, 2.45) is 0 Å². The van der Waals surface area contributed by atoms with E-state index in [1.54, 1.807) is 6.07 Å². The minimum absolute atomic E-state index is 0.0678. The number of rotatable bonds is 9. The summed E-state index contributed by atoms with van der Waals surface area (Å²) < 4.78 is 79.9. The fourth-order valence-electron chi connectivity index (χ4n) is 4.41. The van der Waals surface area contributed by atoms with Crippen molar-refractivity contribution in [2.45, 2.75) is 63.8 Å². The van der Waals surface area contributed by atoms with Gasteiger partial charge in [0.25, 0.3) is 0 Å². The van der Waals surface area contributed by atoms with Crippen LogP contribution in [0.2, 0.25) is 0 Å². The molecular weight excluding hydrogens is 526 g/mol. The Labute approximate surface area is 219 Å². The Kier molecular flexibility index (Phi) is 9.40. The van der Waals surface area contributed by atoms with E-state index in [1.807, 2.05) is 0 Å². The van der Waals surface area contributed by atoms with Crippen molar-refractivity contribution in [2.75, 3.05) is 17.1 Å². The topological polar surface area (TPSA) is 86.8 Å². The van der Waals surface area contributed by atoms with E-state index in [0.29, 0.717) is 10.4 Å². The van der Waals surface area contributed by atoms with Gasteiger partial charge in [-0.1, -0.05) is 43.5 Å². The van der Waals surface area contributed by atoms with Gasteiger partial charge >= 0.3 is 6.18 Å². The first-order valence-electron chi connectivity index (χ1n) is 12.3. The maximum Gasteiger partial charge on any atom is 0.416 e. The Morgan fingerprint density at radius 3 is 2.32 bits per heavy atom. The van der Waals surface area contributed by atoms with E-state index in [2.05, 4.69) is 5.32 Å². The predicted molar refractivity (Wildman–Crippen MR) is 135 cm³/mol. The first-order chi connectivity index (χ1) is 17.8. The third-order valence-corrected chi connectivity index (χ3v) is 7.70. The second kappa shape index (κ2) is 12.1. The molecule has 1 atom stereocenters. The Morgan fingerprint density at radius 1 is 1.05 bits per heavy atom. The van der Waals surface area contributed by atoms with Gasteiger partial charge in [-0.15, -0.1) is 0 Å². The van der Waals surface area contributed by atoms with Crippen LogP contribution in [0.5, 0.6) is 0 Å². The molecule has 0 spiro atoms. The quantitative estimate of drug-likeness (QED) is 0.461. The van der Waals surface area contributed by atoms with Gasteiger partial charge < -0.3 is 10.2 Å². The molecule has 3 rings (SSSR count). The van der Waals surface area contributed by atoms with E-state index in [9.17, 15) is 35.6 Å². The zero-order chi connectivity index (χ0) is 28.1. The number of hydrogen-bond acceptors (Lipinski definition) is 4. The Hall–Kier alpha value is -3.15. The van der Waals surface area contributed by atoms with Crippen LogP contribution in [0.3, 0.4) is 0 Å². The second-order valence-electron chi connectivity index (χ2n) is 9.45. The summed E-state index contributed by atoms with van der Waals surface area (Å²) in [6.07, 6.45) is 0.590. The fourth-order valence-corrected chi connectivity index (χ4v) is 5.25. The largest absolute Gasteiger partial charge is 0.416 e. The van der Waals surface area contributed by atoms with E-state index >= 15 is 0 Å². The van der Waals surface area contributed by atoms with Crippen LogP contribution >= 0.6 is 0 Å². The summed E-state index contributed by atoms with van der Waals surface area (Å²) in [5, 5.41) is 2.91. The lowest BCUT2D eigenvalue weighted by atomic mass is 9.95. The van der Waals surface area contributed by atoms with Gasteiger partial charge in [0.1, 0.15) is 18.4 Å². The Balaban J connectivity index is 1.92. The summed E-state index contributed by atoms with van der Waals surface area (Å²) >= 11 is 0. The molecule has 0 aliphatic heterocycles. The standard InChI is InChI=1S/C26H31F4N3O4S/c1-18(25(35)31-21-11-4-3-5-12-21)32(16-19-9-6-7-14-23(19)27)24(34)17-33(38(2,36)37)22-13-8-10-20(15-22)26(28,29)30/h6-10,13-15,18,21H,3-5,11-12,16-17H2,1-2H3,(H,31,35)/t18-/m0/s1. The molecule has 0 saturated heterocycles. The van der Waals surface area contributed by atoms with E-state index < -0.39 is 52.0 Å². The van der Waals surface area contributed by atoms with Gasteiger partial charge in [0.05, 0.1) is 17.5 Å². The van der Waals surface area contributed by atoms with Crippen molar-refractivity contribution in [1.82, 2.24) is 10.2 Å². The maximum atomic E-state index is 14.5. The molecule has 0 heterocycles. The summed E-state index contributed by atoms with van der Waals surface area (Å²) in [6.45, 7) is 0.229. The second-order valence-corrected chi connectivity index (χ2v) is 11.4. The number of nitrogens with one attached hydrogen (secondary N) is 1. The molecule has 12 heteroatoms. The molecule has 0 radical (unpaired) electrons. The number of carbonyl (C=O) groups is 2. The molecule has 1 aliphatic rings. The van der Waals surface area contributed by atoms with Crippen molar-refractivity contribution >= 4 is 27.5 Å². The van der Waals surface area contributed by atoms with Crippen LogP contribution in [-0.2, 0) is 32.3 Å². The zero-order valence-electron chi connectivity index (χ0n) is 21.2. The first kappa shape index (κ1) is 29.4. The smallest absolute Gasteiger partial charge is 0.352 e. The number of halogens is 4. The molecule has 0 unspecified atom stereocenters. The summed E-state index contributed by atoms with van der Waals surface area (Å²) in [5.74, 6) is -1.98. The van der Waals surface area contributed by atoms with Gasteiger partial charge in [0.15, 0.2) is 0 Å². The highest BCUT2D eigenvalue weighted by molar-refractivity contribution is 7.92. The van der Waals surface area contributed by atoms with Gasteiger partial charge in [0.2, 0.25) is 21.8 Å². The zero-order valence-corrected chi connectivity index (χ0v) is 22.0. The molecule has 0 bridgehead atoms. The highest BCUT2D eigenvalue weighted by Crippen LogP contribution is 2.32. The number of hydrogen-bond donors (Lipinski definition) is 1. The summed E-state index contributed by atoms with van der Waals surface area (Å²) in [7, 11) is -4.21. The molecular formula is C26H31F4N3O4S. The van der Waals surface area contributed by atoms with Crippen LogP contribution in [0.25, 0.3) is 0 Å². The third kappa shape index (κ3) is 7.68. The summed E-state index contributed by atoms with van der Waals surface area (Å²) in [4.78, 5) is 27.6. The van der Waals surface area contributed by atoms with Crippen LogP contribution < -0.4 is 9.62 Å². The number of amides is 2.